The second kappa shape index (κ2) is 10.5. The predicted octanol–water partition coefficient (Wildman–Crippen LogP) is 2.17. The van der Waals surface area contributed by atoms with Crippen LogP contribution >= 0.6 is 22.9 Å². The summed E-state index contributed by atoms with van der Waals surface area (Å²) in [4.78, 5) is 52.4. The summed E-state index contributed by atoms with van der Waals surface area (Å²) in [6.45, 7) is 2.41. The van der Waals surface area contributed by atoms with Crippen LogP contribution in [0, 0.1) is 5.92 Å². The Morgan fingerprint density at radius 3 is 2.72 bits per heavy atom. The first kappa shape index (κ1) is 26.2. The first-order valence-corrected chi connectivity index (χ1v) is 14.5. The van der Waals surface area contributed by atoms with Gasteiger partial charge in [0.05, 0.1) is 23.9 Å². The van der Waals surface area contributed by atoms with Gasteiger partial charge in [-0.15, -0.1) is 11.3 Å². The lowest BCUT2D eigenvalue weighted by molar-refractivity contribution is -0.143. The Kier molecular flexibility index (Phi) is 7.09. The summed E-state index contributed by atoms with van der Waals surface area (Å²) in [5.41, 5.74) is 2.17. The van der Waals surface area contributed by atoms with Gasteiger partial charge in [0.2, 0.25) is 5.91 Å². The molecule has 2 unspecified atom stereocenters. The Balaban J connectivity index is 1.19. The summed E-state index contributed by atoms with van der Waals surface area (Å²) < 4.78 is 0. The van der Waals surface area contributed by atoms with Crippen LogP contribution in [-0.2, 0) is 17.8 Å². The van der Waals surface area contributed by atoms with E-state index in [4.69, 9.17) is 11.6 Å². The van der Waals surface area contributed by atoms with E-state index < -0.39 is 12.1 Å². The van der Waals surface area contributed by atoms with Crippen LogP contribution in [0.15, 0.2) is 24.3 Å². The number of thiazole rings is 1. The topological polar surface area (TPSA) is 131 Å². The van der Waals surface area contributed by atoms with Gasteiger partial charge in [-0.3, -0.25) is 14.4 Å². The summed E-state index contributed by atoms with van der Waals surface area (Å²) in [5.74, 6) is -0.788. The summed E-state index contributed by atoms with van der Waals surface area (Å²) >= 11 is 7.50. The van der Waals surface area contributed by atoms with Crippen molar-refractivity contribution in [2.24, 2.45) is 5.92 Å². The van der Waals surface area contributed by atoms with E-state index in [1.807, 2.05) is 13.1 Å². The number of piperidine rings is 1. The molecule has 3 aromatic rings. The summed E-state index contributed by atoms with van der Waals surface area (Å²) in [6, 6.07) is 6.25. The first-order chi connectivity index (χ1) is 18.7. The minimum absolute atomic E-state index is 0.00966. The number of fused-ring (bicyclic) bond motifs is 2. The van der Waals surface area contributed by atoms with Crippen molar-refractivity contribution in [2.45, 2.75) is 50.4 Å². The molecule has 1 aliphatic carbocycles. The number of nitrogens with zero attached hydrogens (tertiary/aromatic N) is 3. The fraction of sp³-hybridized carbons (Fsp3) is 0.481. The molecule has 2 atom stereocenters. The van der Waals surface area contributed by atoms with Crippen molar-refractivity contribution in [2.75, 3.05) is 26.7 Å². The zero-order valence-corrected chi connectivity index (χ0v) is 23.1. The number of likely N-dealkylation sites (N-methyl/N-ethyl adjacent to an activating group) is 1. The Morgan fingerprint density at radius 1 is 1.13 bits per heavy atom. The van der Waals surface area contributed by atoms with Crippen molar-refractivity contribution in [3.63, 3.8) is 0 Å². The van der Waals surface area contributed by atoms with E-state index in [9.17, 15) is 19.5 Å². The second-order valence-electron chi connectivity index (χ2n) is 10.8. The molecule has 2 aliphatic heterocycles. The number of likely N-dealkylation sites (tertiary alicyclic amines) is 1. The van der Waals surface area contributed by atoms with Gasteiger partial charge in [0, 0.05) is 59.3 Å². The van der Waals surface area contributed by atoms with E-state index in [2.05, 4.69) is 25.5 Å². The van der Waals surface area contributed by atoms with Crippen LogP contribution in [0.25, 0.3) is 10.9 Å². The summed E-state index contributed by atoms with van der Waals surface area (Å²) in [6.07, 6.45) is 1.81. The lowest BCUT2D eigenvalue weighted by Crippen LogP contribution is -2.62. The number of benzene rings is 1. The number of carbonyl (C=O) groups is 3. The highest BCUT2D eigenvalue weighted by Crippen LogP contribution is 2.30. The minimum atomic E-state index is -0.494. The van der Waals surface area contributed by atoms with Crippen LogP contribution in [0.5, 0.6) is 0 Å². The molecule has 1 saturated carbocycles. The number of nitrogens with one attached hydrogen (secondary N) is 3. The fourth-order valence-corrected chi connectivity index (χ4v) is 6.91. The second-order valence-corrected chi connectivity index (χ2v) is 12.4. The van der Waals surface area contributed by atoms with Gasteiger partial charge >= 0.3 is 0 Å². The quantitative estimate of drug-likeness (QED) is 0.372. The van der Waals surface area contributed by atoms with Crippen LogP contribution in [0.4, 0.5) is 0 Å². The van der Waals surface area contributed by atoms with Gasteiger partial charge < -0.3 is 30.5 Å². The monoisotopic (exact) mass is 570 g/mol. The normalized spacial score (nSPS) is 25.2. The maximum Gasteiger partial charge on any atom is 0.280 e. The van der Waals surface area contributed by atoms with E-state index in [0.717, 1.165) is 41.0 Å². The number of hydrogen-bond donors (Lipinski definition) is 4. The molecule has 4 N–H and O–H groups in total. The molecule has 10 nitrogen and oxygen atoms in total. The third-order valence-corrected chi connectivity index (χ3v) is 9.28. The zero-order valence-electron chi connectivity index (χ0n) is 21.6. The number of H-pyrrole nitrogens is 1. The maximum absolute atomic E-state index is 13.3. The third kappa shape index (κ3) is 5.41. The number of carbonyl (C=O) groups excluding carboxylic acids is 3. The number of halogens is 1. The average Bonchev–Trinajstić information content (AvgIpc) is 3.51. The Morgan fingerprint density at radius 2 is 1.92 bits per heavy atom. The Bertz CT molecular complexity index is 1430. The van der Waals surface area contributed by atoms with Crippen LogP contribution in [0.3, 0.4) is 0 Å². The first-order valence-electron chi connectivity index (χ1n) is 13.3. The van der Waals surface area contributed by atoms with Crippen molar-refractivity contribution in [3.05, 3.63) is 50.6 Å². The molecule has 12 heteroatoms. The average molecular weight is 571 g/mol. The standard InChI is InChI=1S/C27H31ClN6O4S/c1-33-6-4-20-23(13-33)39-26(32-20)25(37)31-22-12-34(27(38)15-9-17(35)10-15)7-5-19(22)30-24(36)21-11-14-8-16(28)2-3-18(14)29-21/h2-3,8,11,15,17,19,22,29,35H,4-7,9-10,12-13H2,1H3,(H,30,36)(H,31,37). The maximum atomic E-state index is 13.3. The number of hydrogen-bond acceptors (Lipinski definition) is 7. The highest BCUT2D eigenvalue weighted by Gasteiger charge is 2.40. The predicted molar refractivity (Wildman–Crippen MR) is 148 cm³/mol. The van der Waals surface area contributed by atoms with Gasteiger partial charge in [0.1, 0.15) is 5.69 Å². The van der Waals surface area contributed by atoms with Gasteiger partial charge in [0.25, 0.3) is 11.8 Å². The van der Waals surface area contributed by atoms with Gasteiger partial charge in [-0.05, 0) is 50.6 Å². The fourth-order valence-electron chi connectivity index (χ4n) is 5.64. The van der Waals surface area contributed by atoms with E-state index in [-0.39, 0.29) is 36.2 Å². The van der Waals surface area contributed by atoms with Crippen molar-refractivity contribution >= 4 is 51.6 Å². The summed E-state index contributed by atoms with van der Waals surface area (Å²) in [7, 11) is 2.05. The molecule has 0 bridgehead atoms. The molecule has 39 heavy (non-hydrogen) atoms. The molecule has 2 aromatic heterocycles. The van der Waals surface area contributed by atoms with E-state index in [1.165, 1.54) is 11.3 Å². The molecule has 3 amide bonds. The molecule has 0 radical (unpaired) electrons. The van der Waals surface area contributed by atoms with E-state index in [1.54, 1.807) is 23.1 Å². The van der Waals surface area contributed by atoms with Crippen molar-refractivity contribution in [3.8, 4) is 0 Å². The Labute approximate surface area is 234 Å². The number of rotatable bonds is 5. The SMILES string of the molecule is CN1CCc2nc(C(=O)NC3CN(C(=O)C4CC(O)C4)CCC3NC(=O)c3cc4cc(Cl)ccc4[nH]3)sc2C1. The van der Waals surface area contributed by atoms with Crippen molar-refractivity contribution < 1.29 is 19.5 Å². The molecular formula is C27H31ClN6O4S. The minimum Gasteiger partial charge on any atom is -0.393 e. The molecule has 4 heterocycles. The van der Waals surface area contributed by atoms with Gasteiger partial charge in [0.15, 0.2) is 5.01 Å². The van der Waals surface area contributed by atoms with Crippen LogP contribution in [0.1, 0.15) is 50.1 Å². The number of aromatic nitrogens is 2. The van der Waals surface area contributed by atoms with Crippen LogP contribution in [-0.4, -0.2) is 87.5 Å². The molecule has 1 aromatic carbocycles. The van der Waals surface area contributed by atoms with Gasteiger partial charge in [-0.25, -0.2) is 4.98 Å². The number of aliphatic hydroxyl groups excluding tert-OH is 1. The number of amides is 3. The van der Waals surface area contributed by atoms with Crippen molar-refractivity contribution in [1.82, 2.24) is 30.4 Å². The summed E-state index contributed by atoms with van der Waals surface area (Å²) in [5, 5.41) is 17.6. The lowest BCUT2D eigenvalue weighted by atomic mass is 9.81. The molecule has 6 rings (SSSR count). The number of aliphatic hydroxyl groups is 1. The third-order valence-electron chi connectivity index (χ3n) is 7.96. The molecule has 1 saturated heterocycles. The molecule has 3 aliphatic rings. The molecule has 206 valence electrons. The van der Waals surface area contributed by atoms with Gasteiger partial charge in [-0.2, -0.15) is 0 Å². The van der Waals surface area contributed by atoms with Gasteiger partial charge in [-0.1, -0.05) is 11.6 Å². The molecule has 0 spiro atoms. The van der Waals surface area contributed by atoms with E-state index >= 15 is 0 Å². The van der Waals surface area contributed by atoms with Crippen LogP contribution in [0.2, 0.25) is 5.02 Å². The largest absolute Gasteiger partial charge is 0.393 e. The number of aromatic amines is 1. The highest BCUT2D eigenvalue weighted by atomic mass is 35.5. The zero-order chi connectivity index (χ0) is 27.3. The smallest absolute Gasteiger partial charge is 0.280 e. The van der Waals surface area contributed by atoms with Crippen LogP contribution < -0.4 is 10.6 Å². The molecular weight excluding hydrogens is 540 g/mol. The Hall–Kier alpha value is -2.99. The van der Waals surface area contributed by atoms with E-state index in [0.29, 0.717) is 41.5 Å². The van der Waals surface area contributed by atoms with Crippen molar-refractivity contribution in [1.29, 1.82) is 0 Å². The highest BCUT2D eigenvalue weighted by molar-refractivity contribution is 7.13. The molecule has 2 fully saturated rings. The lowest BCUT2D eigenvalue weighted by Gasteiger charge is -2.42.